The largest absolute Gasteiger partial charge is 0.379 e. The number of ether oxygens (including phenoxy) is 1. The predicted molar refractivity (Wildman–Crippen MR) is 102 cm³/mol. The van der Waals surface area contributed by atoms with Gasteiger partial charge in [0.05, 0.1) is 19.3 Å². The lowest BCUT2D eigenvalue weighted by molar-refractivity contribution is 0.0375. The van der Waals surface area contributed by atoms with Gasteiger partial charge >= 0.3 is 6.03 Å². The summed E-state index contributed by atoms with van der Waals surface area (Å²) in [4.78, 5) is 14.4. The van der Waals surface area contributed by atoms with Crippen LogP contribution in [-0.2, 0) is 11.2 Å². The molecular weight excluding hydrogens is 314 g/mol. The second-order valence-electron chi connectivity index (χ2n) is 7.27. The first-order chi connectivity index (χ1) is 12.0. The zero-order chi connectivity index (χ0) is 18.1. The second kappa shape index (κ2) is 10.4. The van der Waals surface area contributed by atoms with Gasteiger partial charge in [-0.05, 0) is 43.4 Å². The van der Waals surface area contributed by atoms with Crippen LogP contribution in [0.3, 0.4) is 0 Å². The molecule has 1 fully saturated rings. The molecule has 0 radical (unpaired) electrons. The quantitative estimate of drug-likeness (QED) is 0.711. The Hall–Kier alpha value is -1.59. The van der Waals surface area contributed by atoms with E-state index in [1.807, 2.05) is 6.92 Å². The number of carbonyl (C=O) groups is 1. The first-order valence-corrected chi connectivity index (χ1v) is 9.48. The summed E-state index contributed by atoms with van der Waals surface area (Å²) in [5.41, 5.74) is 2.48. The lowest BCUT2D eigenvalue weighted by Gasteiger charge is -2.26. The molecule has 0 aliphatic carbocycles. The molecule has 1 aliphatic rings. The van der Waals surface area contributed by atoms with Crippen LogP contribution in [0.15, 0.2) is 24.3 Å². The lowest BCUT2D eigenvalue weighted by atomic mass is 10.00. The molecule has 0 saturated carbocycles. The molecule has 5 nitrogen and oxygen atoms in total. The Kier molecular flexibility index (Phi) is 8.22. The summed E-state index contributed by atoms with van der Waals surface area (Å²) in [5, 5.41) is 5.96. The molecule has 5 heteroatoms. The van der Waals surface area contributed by atoms with Gasteiger partial charge in [0.25, 0.3) is 0 Å². The van der Waals surface area contributed by atoms with Gasteiger partial charge in [-0.1, -0.05) is 38.1 Å². The van der Waals surface area contributed by atoms with E-state index in [-0.39, 0.29) is 12.1 Å². The first-order valence-electron chi connectivity index (χ1n) is 9.48. The highest BCUT2D eigenvalue weighted by molar-refractivity contribution is 5.74. The Morgan fingerprint density at radius 2 is 1.84 bits per heavy atom. The van der Waals surface area contributed by atoms with Crippen molar-refractivity contribution < 1.29 is 9.53 Å². The van der Waals surface area contributed by atoms with E-state index >= 15 is 0 Å². The monoisotopic (exact) mass is 347 g/mol. The molecule has 2 rings (SSSR count). The molecule has 2 amide bonds. The van der Waals surface area contributed by atoms with Crippen molar-refractivity contribution in [2.75, 3.05) is 39.4 Å². The van der Waals surface area contributed by atoms with Gasteiger partial charge in [0.15, 0.2) is 0 Å². The third-order valence-corrected chi connectivity index (χ3v) is 4.51. The maximum Gasteiger partial charge on any atom is 0.315 e. The van der Waals surface area contributed by atoms with E-state index in [1.165, 1.54) is 5.56 Å². The van der Waals surface area contributed by atoms with Crippen molar-refractivity contribution in [2.24, 2.45) is 5.92 Å². The zero-order valence-electron chi connectivity index (χ0n) is 15.9. The SMILES string of the molecule is CC(C)Cc1ccc(C(C)NC(=O)NCCCN2CCOCC2)cc1. The highest BCUT2D eigenvalue weighted by Crippen LogP contribution is 2.15. The van der Waals surface area contributed by atoms with Crippen molar-refractivity contribution >= 4 is 6.03 Å². The van der Waals surface area contributed by atoms with E-state index in [1.54, 1.807) is 0 Å². The number of morpholine rings is 1. The van der Waals surface area contributed by atoms with E-state index in [2.05, 4.69) is 53.6 Å². The van der Waals surface area contributed by atoms with Crippen molar-refractivity contribution in [2.45, 2.75) is 39.7 Å². The minimum absolute atomic E-state index is 0.00680. The molecule has 140 valence electrons. The van der Waals surface area contributed by atoms with E-state index in [4.69, 9.17) is 4.74 Å². The lowest BCUT2D eigenvalue weighted by Crippen LogP contribution is -2.40. The highest BCUT2D eigenvalue weighted by atomic mass is 16.5. The summed E-state index contributed by atoms with van der Waals surface area (Å²) >= 11 is 0. The molecule has 0 aromatic heterocycles. The van der Waals surface area contributed by atoms with E-state index < -0.39 is 0 Å². The number of urea groups is 1. The molecule has 2 N–H and O–H groups in total. The molecule has 0 spiro atoms. The van der Waals surface area contributed by atoms with Gasteiger partial charge in [0, 0.05) is 19.6 Å². The van der Waals surface area contributed by atoms with Crippen molar-refractivity contribution in [3.8, 4) is 0 Å². The average Bonchev–Trinajstić information content (AvgIpc) is 2.60. The number of nitrogens with zero attached hydrogens (tertiary/aromatic N) is 1. The summed E-state index contributed by atoms with van der Waals surface area (Å²) in [5.74, 6) is 0.657. The van der Waals surface area contributed by atoms with E-state index in [9.17, 15) is 4.79 Å². The molecule has 0 bridgehead atoms. The van der Waals surface area contributed by atoms with Crippen LogP contribution in [0.25, 0.3) is 0 Å². The Labute approximate surface area is 152 Å². The van der Waals surface area contributed by atoms with Crippen molar-refractivity contribution in [1.29, 1.82) is 0 Å². The first kappa shape index (κ1) is 19.7. The standard InChI is InChI=1S/C20H33N3O2/c1-16(2)15-18-5-7-19(8-6-18)17(3)22-20(24)21-9-4-10-23-11-13-25-14-12-23/h5-8,16-17H,4,9-15H2,1-3H3,(H2,21,22,24). The summed E-state index contributed by atoms with van der Waals surface area (Å²) in [7, 11) is 0. The summed E-state index contributed by atoms with van der Waals surface area (Å²) in [6, 6.07) is 8.46. The van der Waals surface area contributed by atoms with Crippen LogP contribution in [0, 0.1) is 5.92 Å². The Bertz CT molecular complexity index is 510. The predicted octanol–water partition coefficient (Wildman–Crippen LogP) is 2.97. The van der Waals surface area contributed by atoms with Crippen molar-refractivity contribution in [3.63, 3.8) is 0 Å². The van der Waals surface area contributed by atoms with Gasteiger partial charge in [0.2, 0.25) is 0 Å². The topological polar surface area (TPSA) is 53.6 Å². The number of rotatable bonds is 8. The average molecular weight is 348 g/mol. The number of carbonyl (C=O) groups excluding carboxylic acids is 1. The zero-order valence-corrected chi connectivity index (χ0v) is 15.9. The van der Waals surface area contributed by atoms with Gasteiger partial charge in [-0.25, -0.2) is 4.79 Å². The van der Waals surface area contributed by atoms with Gasteiger partial charge in [0.1, 0.15) is 0 Å². The minimum atomic E-state index is -0.0965. The van der Waals surface area contributed by atoms with E-state index in [0.29, 0.717) is 12.5 Å². The van der Waals surface area contributed by atoms with Crippen LogP contribution >= 0.6 is 0 Å². The van der Waals surface area contributed by atoms with Crippen LogP contribution in [0.1, 0.15) is 44.4 Å². The molecule has 1 aliphatic heterocycles. The van der Waals surface area contributed by atoms with Gasteiger partial charge < -0.3 is 15.4 Å². The Morgan fingerprint density at radius 3 is 2.48 bits per heavy atom. The van der Waals surface area contributed by atoms with Crippen LogP contribution in [0.5, 0.6) is 0 Å². The van der Waals surface area contributed by atoms with Crippen LogP contribution in [0.2, 0.25) is 0 Å². The Morgan fingerprint density at radius 1 is 1.16 bits per heavy atom. The van der Waals surface area contributed by atoms with Crippen LogP contribution in [-0.4, -0.2) is 50.3 Å². The van der Waals surface area contributed by atoms with Crippen LogP contribution in [0.4, 0.5) is 4.79 Å². The molecule has 1 aromatic rings. The molecule has 1 aromatic carbocycles. The maximum absolute atomic E-state index is 12.0. The fraction of sp³-hybridized carbons (Fsp3) is 0.650. The van der Waals surface area contributed by atoms with E-state index in [0.717, 1.165) is 51.3 Å². The van der Waals surface area contributed by atoms with Gasteiger partial charge in [-0.15, -0.1) is 0 Å². The number of benzene rings is 1. The molecule has 1 unspecified atom stereocenters. The molecule has 1 heterocycles. The number of amides is 2. The second-order valence-corrected chi connectivity index (χ2v) is 7.27. The molecule has 1 atom stereocenters. The van der Waals surface area contributed by atoms with Gasteiger partial charge in [-0.3, -0.25) is 4.90 Å². The smallest absolute Gasteiger partial charge is 0.315 e. The fourth-order valence-corrected chi connectivity index (χ4v) is 3.07. The minimum Gasteiger partial charge on any atom is -0.379 e. The third kappa shape index (κ3) is 7.45. The fourth-order valence-electron chi connectivity index (χ4n) is 3.07. The normalized spacial score (nSPS) is 16.6. The van der Waals surface area contributed by atoms with Gasteiger partial charge in [-0.2, -0.15) is 0 Å². The molecule has 1 saturated heterocycles. The summed E-state index contributed by atoms with van der Waals surface area (Å²) in [6.45, 7) is 11.8. The number of nitrogens with one attached hydrogen (secondary N) is 2. The molecular formula is C20H33N3O2. The molecule has 25 heavy (non-hydrogen) atoms. The third-order valence-electron chi connectivity index (χ3n) is 4.51. The highest BCUT2D eigenvalue weighted by Gasteiger charge is 2.11. The van der Waals surface area contributed by atoms with Crippen LogP contribution < -0.4 is 10.6 Å². The summed E-state index contributed by atoms with van der Waals surface area (Å²) < 4.78 is 5.33. The number of hydrogen-bond donors (Lipinski definition) is 2. The summed E-state index contributed by atoms with van der Waals surface area (Å²) in [6.07, 6.45) is 2.05. The number of hydrogen-bond acceptors (Lipinski definition) is 3. The van der Waals surface area contributed by atoms with Crippen molar-refractivity contribution in [1.82, 2.24) is 15.5 Å². The van der Waals surface area contributed by atoms with Crippen molar-refractivity contribution in [3.05, 3.63) is 35.4 Å². The maximum atomic E-state index is 12.0. The Balaban J connectivity index is 1.65.